The molecule has 28 heavy (non-hydrogen) atoms. The number of ketones is 1. The van der Waals surface area contributed by atoms with Gasteiger partial charge < -0.3 is 24.1 Å². The maximum absolute atomic E-state index is 12.5. The van der Waals surface area contributed by atoms with Gasteiger partial charge in [-0.2, -0.15) is 0 Å². The summed E-state index contributed by atoms with van der Waals surface area (Å²) in [5.41, 5.74) is -0.892. The van der Waals surface area contributed by atoms with Gasteiger partial charge in [-0.15, -0.1) is 0 Å². The zero-order valence-electron chi connectivity index (χ0n) is 15.9. The van der Waals surface area contributed by atoms with Crippen LogP contribution in [0.5, 0.6) is 0 Å². The van der Waals surface area contributed by atoms with E-state index >= 15 is 0 Å². The normalized spacial score (nSPS) is 29.0. The number of hydrogen-bond donors (Lipinski definition) is 1. The van der Waals surface area contributed by atoms with Crippen molar-refractivity contribution in [3.05, 3.63) is 47.0 Å². The lowest BCUT2D eigenvalue weighted by Crippen LogP contribution is -2.31. The van der Waals surface area contributed by atoms with E-state index in [2.05, 4.69) is 6.58 Å². The Kier molecular flexibility index (Phi) is 5.27. The van der Waals surface area contributed by atoms with E-state index in [9.17, 15) is 14.4 Å². The van der Waals surface area contributed by atoms with E-state index < -0.39 is 30.3 Å². The van der Waals surface area contributed by atoms with Crippen molar-refractivity contribution in [2.45, 2.75) is 32.0 Å². The fourth-order valence-corrected chi connectivity index (χ4v) is 3.35. The molecule has 3 aliphatic heterocycles. The monoisotopic (exact) mass is 390 g/mol. The second-order valence-corrected chi connectivity index (χ2v) is 7.14. The minimum Gasteiger partial charge on any atom is -0.479 e. The van der Waals surface area contributed by atoms with Crippen molar-refractivity contribution in [2.75, 3.05) is 20.3 Å². The highest BCUT2D eigenvalue weighted by Crippen LogP contribution is 2.41. The number of rotatable bonds is 5. The fourth-order valence-electron chi connectivity index (χ4n) is 3.35. The molecule has 150 valence electrons. The number of esters is 2. The molecule has 2 bridgehead atoms. The Morgan fingerprint density at radius 3 is 2.79 bits per heavy atom. The van der Waals surface area contributed by atoms with Gasteiger partial charge in [-0.25, -0.2) is 9.59 Å². The number of carbonyl (C=O) groups excluding carboxylic acids is 3. The number of methoxy groups -OCH3 is 1. The zero-order chi connectivity index (χ0) is 20.6. The van der Waals surface area contributed by atoms with Crippen LogP contribution in [-0.4, -0.2) is 54.9 Å². The van der Waals surface area contributed by atoms with Crippen molar-refractivity contribution < 1.29 is 38.4 Å². The molecule has 8 nitrogen and oxygen atoms in total. The van der Waals surface area contributed by atoms with Crippen molar-refractivity contribution in [2.24, 2.45) is 5.92 Å². The average molecular weight is 390 g/mol. The topological polar surface area (TPSA) is 108 Å². The van der Waals surface area contributed by atoms with Crippen LogP contribution in [0.4, 0.5) is 0 Å². The minimum atomic E-state index is -1.32. The van der Waals surface area contributed by atoms with E-state index in [4.69, 9.17) is 24.1 Å². The van der Waals surface area contributed by atoms with Gasteiger partial charge in [0.25, 0.3) is 0 Å². The number of fused-ring (bicyclic) bond motifs is 3. The Balaban J connectivity index is 2.12. The molecule has 0 aromatic heterocycles. The molecule has 0 fully saturated rings. The van der Waals surface area contributed by atoms with Crippen LogP contribution in [0.15, 0.2) is 47.0 Å². The van der Waals surface area contributed by atoms with E-state index in [0.717, 1.165) is 0 Å². The van der Waals surface area contributed by atoms with Crippen molar-refractivity contribution in [3.8, 4) is 0 Å². The van der Waals surface area contributed by atoms with Crippen LogP contribution in [0.25, 0.3) is 0 Å². The van der Waals surface area contributed by atoms with Crippen molar-refractivity contribution in [1.82, 2.24) is 0 Å². The van der Waals surface area contributed by atoms with E-state index in [1.165, 1.54) is 19.3 Å². The second-order valence-electron chi connectivity index (χ2n) is 7.14. The molecule has 0 amide bonds. The summed E-state index contributed by atoms with van der Waals surface area (Å²) in [7, 11) is 1.43. The molecule has 1 N–H and O–H groups in total. The summed E-state index contributed by atoms with van der Waals surface area (Å²) < 4.78 is 21.9. The van der Waals surface area contributed by atoms with Gasteiger partial charge in [0.1, 0.15) is 17.6 Å². The molecular weight excluding hydrogens is 368 g/mol. The van der Waals surface area contributed by atoms with Gasteiger partial charge in [0, 0.05) is 30.8 Å². The number of allylic oxidation sites excluding steroid dienone is 1. The maximum atomic E-state index is 12.5. The maximum Gasteiger partial charge on any atom is 0.342 e. The Bertz CT molecular complexity index is 846. The lowest BCUT2D eigenvalue weighted by molar-refractivity contribution is -0.143. The summed E-state index contributed by atoms with van der Waals surface area (Å²) in [6.07, 6.45) is 2.19. The smallest absolute Gasteiger partial charge is 0.342 e. The lowest BCUT2D eigenvalue weighted by atomic mass is 9.90. The summed E-state index contributed by atoms with van der Waals surface area (Å²) in [4.78, 5) is 37.1. The number of aliphatic hydroxyl groups is 1. The van der Waals surface area contributed by atoms with Crippen molar-refractivity contribution in [3.63, 3.8) is 0 Å². The number of hydrogen-bond acceptors (Lipinski definition) is 8. The predicted octanol–water partition coefficient (Wildman–Crippen LogP) is 1.11. The Labute approximate surface area is 162 Å². The summed E-state index contributed by atoms with van der Waals surface area (Å²) in [5.74, 6) is -1.41. The Morgan fingerprint density at radius 1 is 1.43 bits per heavy atom. The van der Waals surface area contributed by atoms with Gasteiger partial charge in [0.2, 0.25) is 5.78 Å². The van der Waals surface area contributed by atoms with E-state index in [1.54, 1.807) is 6.92 Å². The number of ether oxygens (including phenoxy) is 4. The lowest BCUT2D eigenvalue weighted by Gasteiger charge is -2.23. The second kappa shape index (κ2) is 7.37. The summed E-state index contributed by atoms with van der Waals surface area (Å²) in [6, 6.07) is 0. The molecule has 3 unspecified atom stereocenters. The predicted molar refractivity (Wildman–Crippen MR) is 95.5 cm³/mol. The molecule has 3 atom stereocenters. The summed E-state index contributed by atoms with van der Waals surface area (Å²) in [5, 5.41) is 9.16. The van der Waals surface area contributed by atoms with Gasteiger partial charge in [0.05, 0.1) is 24.4 Å². The average Bonchev–Trinajstić information content (AvgIpc) is 3.10. The zero-order valence-corrected chi connectivity index (χ0v) is 15.9. The Hall–Kier alpha value is -2.71. The van der Waals surface area contributed by atoms with Crippen LogP contribution >= 0.6 is 0 Å². The third kappa shape index (κ3) is 3.41. The summed E-state index contributed by atoms with van der Waals surface area (Å²) in [6.45, 7) is 6.28. The molecule has 0 spiro atoms. The highest BCUT2D eigenvalue weighted by atomic mass is 16.6. The molecule has 0 radical (unpaired) electrons. The molecular formula is C20H22O8. The third-order valence-corrected chi connectivity index (χ3v) is 4.93. The molecule has 0 aliphatic carbocycles. The van der Waals surface area contributed by atoms with Gasteiger partial charge in [-0.3, -0.25) is 4.79 Å². The third-order valence-electron chi connectivity index (χ3n) is 4.93. The van der Waals surface area contributed by atoms with E-state index in [1.807, 2.05) is 6.92 Å². The number of aliphatic hydroxyl groups excluding tert-OH is 1. The first-order valence-electron chi connectivity index (χ1n) is 8.82. The van der Waals surface area contributed by atoms with Crippen LogP contribution in [0.1, 0.15) is 20.3 Å². The van der Waals surface area contributed by atoms with Crippen LogP contribution in [0.3, 0.4) is 0 Å². The highest BCUT2D eigenvalue weighted by Gasteiger charge is 2.46. The molecule has 0 aromatic carbocycles. The quantitative estimate of drug-likeness (QED) is 0.549. The number of carbonyl (C=O) groups is 3. The first kappa shape index (κ1) is 20.0. The first-order valence-corrected chi connectivity index (χ1v) is 8.82. The summed E-state index contributed by atoms with van der Waals surface area (Å²) >= 11 is 0. The van der Waals surface area contributed by atoms with Crippen LogP contribution in [0.2, 0.25) is 0 Å². The SMILES string of the molecule is C=C(CO)C(=O)OC1CC(C)C2=CC(=O)C(C)(C=C3OC(=O)C(COC)=C31)O2. The molecule has 0 saturated carbocycles. The molecule has 8 heteroatoms. The highest BCUT2D eigenvalue weighted by molar-refractivity contribution is 6.02. The van der Waals surface area contributed by atoms with Crippen LogP contribution in [-0.2, 0) is 33.3 Å². The van der Waals surface area contributed by atoms with Crippen LogP contribution in [0, 0.1) is 5.92 Å². The largest absolute Gasteiger partial charge is 0.479 e. The minimum absolute atomic E-state index is 0.0525. The molecule has 3 rings (SSSR count). The standard InChI is InChI=1S/C20H22O8/c1-10-5-14(26-18(23)11(2)8-21)17-12(9-25-4)19(24)27-15(17)7-20(3)16(22)6-13(10)28-20/h6-7,10,14,21H,2,5,8-9H2,1,3-4H3. The Morgan fingerprint density at radius 2 is 2.14 bits per heavy atom. The van der Waals surface area contributed by atoms with E-state index in [0.29, 0.717) is 11.3 Å². The van der Waals surface area contributed by atoms with Gasteiger partial charge in [-0.05, 0) is 13.3 Å². The first-order chi connectivity index (χ1) is 13.2. The van der Waals surface area contributed by atoms with E-state index in [-0.39, 0.29) is 41.6 Å². The van der Waals surface area contributed by atoms with Gasteiger partial charge in [0.15, 0.2) is 5.60 Å². The fraction of sp³-hybridized carbons (Fsp3) is 0.450. The van der Waals surface area contributed by atoms with Crippen LogP contribution < -0.4 is 0 Å². The molecule has 0 aromatic rings. The molecule has 3 heterocycles. The van der Waals surface area contributed by atoms with Gasteiger partial charge >= 0.3 is 11.9 Å². The van der Waals surface area contributed by atoms with Crippen molar-refractivity contribution >= 4 is 17.7 Å². The molecule has 3 aliphatic rings. The van der Waals surface area contributed by atoms with Crippen molar-refractivity contribution in [1.29, 1.82) is 0 Å². The van der Waals surface area contributed by atoms with Gasteiger partial charge in [-0.1, -0.05) is 13.5 Å². The molecule has 0 saturated heterocycles.